The zero-order valence-electron chi connectivity index (χ0n) is 18.1. The number of anilines is 1. The van der Waals surface area contributed by atoms with Crippen LogP contribution >= 0.6 is 0 Å². The zero-order valence-corrected chi connectivity index (χ0v) is 18.9. The van der Waals surface area contributed by atoms with Crippen LogP contribution in [0.25, 0.3) is 0 Å². The first-order chi connectivity index (χ1) is 15.4. The zero-order chi connectivity index (χ0) is 23.0. The van der Waals surface area contributed by atoms with E-state index < -0.39 is 28.5 Å². The maximum atomic E-state index is 13.1. The summed E-state index contributed by atoms with van der Waals surface area (Å²) in [6.07, 6.45) is 7.55. The van der Waals surface area contributed by atoms with Crippen LogP contribution in [0.3, 0.4) is 0 Å². The molecule has 0 radical (unpaired) electrons. The monoisotopic (exact) mass is 456 g/mol. The number of carbonyl (C=O) groups excluding carboxylic acids is 2. The van der Waals surface area contributed by atoms with Crippen LogP contribution < -0.4 is 9.62 Å². The van der Waals surface area contributed by atoms with Crippen LogP contribution in [0.1, 0.15) is 42.5 Å². The first-order valence-corrected chi connectivity index (χ1v) is 12.1. The Kier molecular flexibility index (Phi) is 8.05. The molecule has 32 heavy (non-hydrogen) atoms. The summed E-state index contributed by atoms with van der Waals surface area (Å²) in [5.41, 5.74) is 1.69. The fourth-order valence-electron chi connectivity index (χ4n) is 3.54. The lowest BCUT2D eigenvalue weighted by molar-refractivity contribution is -0.124. The number of rotatable bonds is 9. The number of hydrogen-bond donors (Lipinski definition) is 1. The van der Waals surface area contributed by atoms with Crippen molar-refractivity contribution in [3.63, 3.8) is 0 Å². The van der Waals surface area contributed by atoms with Crippen LogP contribution in [0, 0.1) is 0 Å². The van der Waals surface area contributed by atoms with Gasteiger partial charge < -0.3 is 10.1 Å². The molecule has 0 bridgehead atoms. The molecule has 3 rings (SSSR count). The van der Waals surface area contributed by atoms with E-state index in [2.05, 4.69) is 11.4 Å². The fraction of sp³-hybridized carbons (Fsp3) is 0.333. The molecule has 1 aliphatic rings. The van der Waals surface area contributed by atoms with Crippen LogP contribution in [0.5, 0.6) is 0 Å². The topological polar surface area (TPSA) is 92.8 Å². The molecular weight excluding hydrogens is 428 g/mol. The number of esters is 1. The highest BCUT2D eigenvalue weighted by Crippen LogP contribution is 2.25. The van der Waals surface area contributed by atoms with Crippen LogP contribution in [0.2, 0.25) is 0 Å². The Labute approximate surface area is 189 Å². The summed E-state index contributed by atoms with van der Waals surface area (Å²) in [4.78, 5) is 24.5. The summed E-state index contributed by atoms with van der Waals surface area (Å²) in [5.74, 6) is -1.28. The molecule has 170 valence electrons. The van der Waals surface area contributed by atoms with Gasteiger partial charge in [-0.15, -0.1) is 0 Å². The molecule has 0 unspecified atom stereocenters. The minimum atomic E-state index is -4.01. The molecule has 0 saturated heterocycles. The number of allylic oxidation sites excluding steroid dienone is 1. The van der Waals surface area contributed by atoms with Gasteiger partial charge in [0, 0.05) is 13.6 Å². The minimum Gasteiger partial charge on any atom is -0.452 e. The molecule has 1 N–H and O–H groups in total. The van der Waals surface area contributed by atoms with Gasteiger partial charge in [-0.2, -0.15) is 0 Å². The number of nitrogens with zero attached hydrogens (tertiary/aromatic N) is 1. The van der Waals surface area contributed by atoms with Gasteiger partial charge >= 0.3 is 5.97 Å². The Hall–Kier alpha value is -3.13. The molecular formula is C24H28N2O5S. The highest BCUT2D eigenvalue weighted by molar-refractivity contribution is 7.92. The van der Waals surface area contributed by atoms with Gasteiger partial charge in [0.2, 0.25) is 0 Å². The van der Waals surface area contributed by atoms with Crippen molar-refractivity contribution in [3.05, 3.63) is 71.8 Å². The maximum absolute atomic E-state index is 13.1. The molecule has 1 amide bonds. The lowest BCUT2D eigenvalue weighted by atomic mass is 9.97. The van der Waals surface area contributed by atoms with Gasteiger partial charge in [-0.05, 0) is 56.4 Å². The van der Waals surface area contributed by atoms with Crippen molar-refractivity contribution < 1.29 is 22.7 Å². The second-order valence-electron chi connectivity index (χ2n) is 7.59. The predicted octanol–water partition coefficient (Wildman–Crippen LogP) is 3.68. The van der Waals surface area contributed by atoms with E-state index in [1.165, 1.54) is 43.7 Å². The van der Waals surface area contributed by atoms with Gasteiger partial charge in [-0.25, -0.2) is 13.2 Å². The third kappa shape index (κ3) is 5.97. The van der Waals surface area contributed by atoms with E-state index >= 15 is 0 Å². The van der Waals surface area contributed by atoms with Gasteiger partial charge in [0.15, 0.2) is 6.61 Å². The van der Waals surface area contributed by atoms with Gasteiger partial charge in [-0.3, -0.25) is 9.10 Å². The first-order valence-electron chi connectivity index (χ1n) is 10.6. The maximum Gasteiger partial charge on any atom is 0.340 e. The van der Waals surface area contributed by atoms with Gasteiger partial charge in [-0.1, -0.05) is 42.0 Å². The summed E-state index contributed by atoms with van der Waals surface area (Å²) in [7, 11) is -2.59. The molecule has 0 aromatic heterocycles. The third-order valence-electron chi connectivity index (χ3n) is 5.35. The lowest BCUT2D eigenvalue weighted by Gasteiger charge is -2.20. The quantitative estimate of drug-likeness (QED) is 0.459. The molecule has 1 aliphatic carbocycles. The normalized spacial score (nSPS) is 13.7. The van der Waals surface area contributed by atoms with E-state index in [1.54, 1.807) is 36.4 Å². The molecule has 0 fully saturated rings. The lowest BCUT2D eigenvalue weighted by Crippen LogP contribution is -2.31. The van der Waals surface area contributed by atoms with Crippen LogP contribution in [-0.4, -0.2) is 40.5 Å². The Balaban J connectivity index is 1.61. The smallest absolute Gasteiger partial charge is 0.340 e. The SMILES string of the molecule is CN(c1ccccc1)S(=O)(=O)c1ccccc1C(=O)OCC(=O)NCCC1=CCCCC1. The second kappa shape index (κ2) is 10.9. The molecule has 0 spiro atoms. The van der Waals surface area contributed by atoms with E-state index in [4.69, 9.17) is 4.74 Å². The summed E-state index contributed by atoms with van der Waals surface area (Å²) >= 11 is 0. The van der Waals surface area contributed by atoms with E-state index in [0.29, 0.717) is 12.2 Å². The average Bonchev–Trinajstić information content (AvgIpc) is 2.83. The van der Waals surface area contributed by atoms with Crippen molar-refractivity contribution in [3.8, 4) is 0 Å². The van der Waals surface area contributed by atoms with Crippen LogP contribution in [0.4, 0.5) is 5.69 Å². The Bertz CT molecular complexity index is 1080. The molecule has 2 aromatic carbocycles. The van der Waals surface area contributed by atoms with Crippen LogP contribution in [0.15, 0.2) is 71.1 Å². The number of sulfonamides is 1. The standard InChI is InChI=1S/C24H28N2O5S/c1-26(20-12-6-3-7-13-20)32(29,30)22-15-9-8-14-21(22)24(28)31-18-23(27)25-17-16-19-10-4-2-5-11-19/h3,6-10,12-15H,2,4-5,11,16-18H2,1H3,(H,25,27). The molecule has 0 heterocycles. The van der Waals surface area contributed by atoms with Crippen molar-refractivity contribution in [2.24, 2.45) is 0 Å². The van der Waals surface area contributed by atoms with E-state index in [1.807, 2.05) is 0 Å². The fourth-order valence-corrected chi connectivity index (χ4v) is 4.91. The predicted molar refractivity (Wildman–Crippen MR) is 123 cm³/mol. The Morgan fingerprint density at radius 2 is 1.75 bits per heavy atom. The average molecular weight is 457 g/mol. The number of ether oxygens (including phenoxy) is 1. The van der Waals surface area contributed by atoms with E-state index in [9.17, 15) is 18.0 Å². The summed E-state index contributed by atoms with van der Waals surface area (Å²) in [5, 5.41) is 2.74. The van der Waals surface area contributed by atoms with Crippen molar-refractivity contribution in [1.82, 2.24) is 5.32 Å². The largest absolute Gasteiger partial charge is 0.452 e. The number of benzene rings is 2. The number of amides is 1. The summed E-state index contributed by atoms with van der Waals surface area (Å²) < 4.78 is 32.5. The van der Waals surface area contributed by atoms with E-state index in [0.717, 1.165) is 23.6 Å². The summed E-state index contributed by atoms with van der Waals surface area (Å²) in [6, 6.07) is 14.4. The van der Waals surface area contributed by atoms with Crippen molar-refractivity contribution in [1.29, 1.82) is 0 Å². The van der Waals surface area contributed by atoms with Gasteiger partial charge in [0.05, 0.1) is 11.3 Å². The number of carbonyl (C=O) groups is 2. The Morgan fingerprint density at radius 1 is 1.03 bits per heavy atom. The molecule has 7 nitrogen and oxygen atoms in total. The Morgan fingerprint density at radius 3 is 2.47 bits per heavy atom. The van der Waals surface area contributed by atoms with Crippen molar-refractivity contribution in [2.45, 2.75) is 37.0 Å². The first kappa shape index (κ1) is 23.5. The van der Waals surface area contributed by atoms with Gasteiger partial charge in [0.1, 0.15) is 4.90 Å². The number of nitrogens with one attached hydrogen (secondary N) is 1. The van der Waals surface area contributed by atoms with Crippen molar-refractivity contribution in [2.75, 3.05) is 24.5 Å². The number of para-hydroxylation sites is 1. The van der Waals surface area contributed by atoms with Crippen molar-refractivity contribution >= 4 is 27.6 Å². The minimum absolute atomic E-state index is 0.115. The van der Waals surface area contributed by atoms with E-state index in [-0.39, 0.29) is 10.5 Å². The number of hydrogen-bond acceptors (Lipinski definition) is 5. The highest BCUT2D eigenvalue weighted by atomic mass is 32.2. The molecule has 0 saturated carbocycles. The third-order valence-corrected chi connectivity index (χ3v) is 7.20. The molecule has 0 atom stereocenters. The van der Waals surface area contributed by atoms with Crippen LogP contribution in [-0.2, 0) is 19.6 Å². The molecule has 2 aromatic rings. The highest BCUT2D eigenvalue weighted by Gasteiger charge is 2.27. The molecule has 0 aliphatic heterocycles. The summed E-state index contributed by atoms with van der Waals surface area (Å²) in [6.45, 7) is 0.00976. The van der Waals surface area contributed by atoms with Gasteiger partial charge in [0.25, 0.3) is 15.9 Å². The molecule has 8 heteroatoms. The second-order valence-corrected chi connectivity index (χ2v) is 9.53.